The van der Waals surface area contributed by atoms with Crippen LogP contribution in [-0.2, 0) is 6.54 Å². The van der Waals surface area contributed by atoms with Crippen molar-refractivity contribution in [2.24, 2.45) is 16.1 Å². The highest BCUT2D eigenvalue weighted by atomic mass is 16.3. The predicted molar refractivity (Wildman–Crippen MR) is 82.9 cm³/mol. The summed E-state index contributed by atoms with van der Waals surface area (Å²) >= 11 is 0. The van der Waals surface area contributed by atoms with E-state index in [0.717, 1.165) is 37.3 Å². The van der Waals surface area contributed by atoms with Gasteiger partial charge >= 0.3 is 0 Å². The van der Waals surface area contributed by atoms with E-state index in [4.69, 9.17) is 0 Å². The number of likely N-dealkylation sites (tertiary alicyclic amines) is 1. The predicted octanol–water partition coefficient (Wildman–Crippen LogP) is 3.23. The fourth-order valence-electron chi connectivity index (χ4n) is 2.56. The molecule has 1 saturated heterocycles. The third-order valence-electron chi connectivity index (χ3n) is 3.97. The molecular weight excluding hydrogens is 250 g/mol. The van der Waals surface area contributed by atoms with Crippen LogP contribution in [-0.4, -0.2) is 30.7 Å². The van der Waals surface area contributed by atoms with E-state index < -0.39 is 0 Å². The van der Waals surface area contributed by atoms with E-state index in [-0.39, 0.29) is 5.92 Å². The Morgan fingerprint density at radius 1 is 1.40 bits per heavy atom. The highest BCUT2D eigenvalue weighted by Gasteiger charge is 2.25. The van der Waals surface area contributed by atoms with Crippen molar-refractivity contribution in [2.45, 2.75) is 19.9 Å². The van der Waals surface area contributed by atoms with Gasteiger partial charge in [0.25, 0.3) is 0 Å². The fraction of sp³-hybridized carbons (Fsp3) is 0.438. The molecule has 106 valence electrons. The summed E-state index contributed by atoms with van der Waals surface area (Å²) in [6, 6.07) is 8.50. The van der Waals surface area contributed by atoms with Gasteiger partial charge in [0.2, 0.25) is 0 Å². The molecule has 1 aliphatic rings. The lowest BCUT2D eigenvalue weighted by Crippen LogP contribution is -2.20. The molecule has 1 heterocycles. The Balaban J connectivity index is 1.95. The maximum absolute atomic E-state index is 10.5. The van der Waals surface area contributed by atoms with E-state index in [2.05, 4.69) is 45.9 Å². The normalized spacial score (nSPS) is 20.1. The highest BCUT2D eigenvalue weighted by molar-refractivity contribution is 5.98. The van der Waals surface area contributed by atoms with E-state index in [1.54, 1.807) is 0 Å². The minimum atomic E-state index is 0.223. The van der Waals surface area contributed by atoms with E-state index >= 15 is 0 Å². The Labute approximate surface area is 120 Å². The smallest absolute Gasteiger partial charge is 0.0821 e. The molecule has 2 rings (SSSR count). The second-order valence-electron chi connectivity index (χ2n) is 5.31. The van der Waals surface area contributed by atoms with Crippen molar-refractivity contribution in [1.29, 1.82) is 0 Å². The van der Waals surface area contributed by atoms with Crippen LogP contribution in [0.4, 0.5) is 0 Å². The molecule has 4 heteroatoms. The summed E-state index contributed by atoms with van der Waals surface area (Å²) in [5, 5.41) is 2.97. The largest absolute Gasteiger partial charge is 0.298 e. The zero-order valence-corrected chi connectivity index (χ0v) is 12.2. The standard InChI is InChI=1S/C16H21N3O/c1-12(17-3)15-6-4-14(5-7-15)10-19-9-8-16(11-19)13(2)18-20/h4-7,16H,2,8-11H2,1,3H3/b17-12+. The first kappa shape index (κ1) is 14.6. The SMILES string of the molecule is C=C(N=O)C1CCN(Cc2ccc(/C(C)=N/C)cc2)C1. The van der Waals surface area contributed by atoms with Crippen LogP contribution in [0.15, 0.2) is 46.7 Å². The van der Waals surface area contributed by atoms with E-state index in [0.29, 0.717) is 5.70 Å². The summed E-state index contributed by atoms with van der Waals surface area (Å²) in [5.41, 5.74) is 3.97. The summed E-state index contributed by atoms with van der Waals surface area (Å²) in [7, 11) is 1.81. The van der Waals surface area contributed by atoms with E-state index in [1.165, 1.54) is 5.56 Å². The van der Waals surface area contributed by atoms with Crippen LogP contribution in [0.25, 0.3) is 0 Å². The quantitative estimate of drug-likeness (QED) is 0.609. The average Bonchev–Trinajstić information content (AvgIpc) is 2.95. The Hall–Kier alpha value is -1.81. The van der Waals surface area contributed by atoms with Gasteiger partial charge in [-0.3, -0.25) is 9.89 Å². The number of rotatable bonds is 5. The number of benzene rings is 1. The third-order valence-corrected chi connectivity index (χ3v) is 3.97. The lowest BCUT2D eigenvalue weighted by Gasteiger charge is -2.16. The summed E-state index contributed by atoms with van der Waals surface area (Å²) < 4.78 is 0. The first-order valence-electron chi connectivity index (χ1n) is 6.91. The Morgan fingerprint density at radius 2 is 2.10 bits per heavy atom. The summed E-state index contributed by atoms with van der Waals surface area (Å²) in [5.74, 6) is 0.223. The van der Waals surface area contributed by atoms with E-state index in [1.807, 2.05) is 14.0 Å². The minimum absolute atomic E-state index is 0.223. The van der Waals surface area contributed by atoms with Crippen LogP contribution in [0.2, 0.25) is 0 Å². The Kier molecular flexibility index (Phi) is 4.79. The maximum Gasteiger partial charge on any atom is 0.0821 e. The number of hydrogen-bond donors (Lipinski definition) is 0. The molecule has 0 amide bonds. The monoisotopic (exact) mass is 271 g/mol. The first-order chi connectivity index (χ1) is 9.63. The molecule has 0 spiro atoms. The lowest BCUT2D eigenvalue weighted by molar-refractivity contribution is 0.322. The van der Waals surface area contributed by atoms with Crippen LogP contribution in [0.1, 0.15) is 24.5 Å². The fourth-order valence-corrected chi connectivity index (χ4v) is 2.56. The average molecular weight is 271 g/mol. The van der Waals surface area contributed by atoms with Gasteiger partial charge in [-0.25, -0.2) is 0 Å². The summed E-state index contributed by atoms with van der Waals surface area (Å²) in [6.45, 7) is 8.51. The van der Waals surface area contributed by atoms with Crippen LogP contribution < -0.4 is 0 Å². The van der Waals surface area contributed by atoms with Gasteiger partial charge in [-0.1, -0.05) is 30.8 Å². The summed E-state index contributed by atoms with van der Waals surface area (Å²) in [4.78, 5) is 17.0. The summed E-state index contributed by atoms with van der Waals surface area (Å²) in [6.07, 6.45) is 0.976. The molecule has 0 N–H and O–H groups in total. The van der Waals surface area contributed by atoms with Crippen molar-refractivity contribution >= 4 is 5.71 Å². The van der Waals surface area contributed by atoms with Crippen LogP contribution in [0.3, 0.4) is 0 Å². The van der Waals surface area contributed by atoms with Gasteiger partial charge in [0.05, 0.1) is 5.70 Å². The zero-order chi connectivity index (χ0) is 14.5. The third kappa shape index (κ3) is 3.39. The first-order valence-corrected chi connectivity index (χ1v) is 6.91. The van der Waals surface area contributed by atoms with Crippen molar-refractivity contribution in [2.75, 3.05) is 20.1 Å². The molecule has 1 fully saturated rings. The molecule has 0 bridgehead atoms. The number of hydrogen-bond acceptors (Lipinski definition) is 4. The number of aliphatic imine (C=N–C) groups is 1. The van der Waals surface area contributed by atoms with Crippen LogP contribution in [0, 0.1) is 10.8 Å². The number of nitroso groups, excluding NO2 is 1. The second-order valence-corrected chi connectivity index (χ2v) is 5.31. The van der Waals surface area contributed by atoms with Crippen molar-refractivity contribution in [3.8, 4) is 0 Å². The van der Waals surface area contributed by atoms with Gasteiger partial charge in [-0.2, -0.15) is 0 Å². The van der Waals surface area contributed by atoms with Gasteiger partial charge in [0.15, 0.2) is 0 Å². The van der Waals surface area contributed by atoms with Crippen molar-refractivity contribution in [3.63, 3.8) is 0 Å². The minimum Gasteiger partial charge on any atom is -0.298 e. The molecule has 1 aromatic carbocycles. The Morgan fingerprint density at radius 3 is 2.70 bits per heavy atom. The van der Waals surface area contributed by atoms with Gasteiger partial charge in [-0.15, -0.1) is 4.91 Å². The molecule has 4 nitrogen and oxygen atoms in total. The van der Waals surface area contributed by atoms with Crippen LogP contribution >= 0.6 is 0 Å². The van der Waals surface area contributed by atoms with Gasteiger partial charge in [0, 0.05) is 31.8 Å². The second kappa shape index (κ2) is 6.57. The Bertz CT molecular complexity index is 519. The van der Waals surface area contributed by atoms with Crippen LogP contribution in [0.5, 0.6) is 0 Å². The molecule has 0 aliphatic carbocycles. The maximum atomic E-state index is 10.5. The molecule has 0 aromatic heterocycles. The molecule has 0 radical (unpaired) electrons. The molecule has 20 heavy (non-hydrogen) atoms. The molecule has 1 aliphatic heterocycles. The molecule has 0 saturated carbocycles. The van der Waals surface area contributed by atoms with Gasteiger partial charge in [-0.05, 0) is 36.2 Å². The molecule has 1 unspecified atom stereocenters. The van der Waals surface area contributed by atoms with Gasteiger partial charge < -0.3 is 0 Å². The molecule has 1 aromatic rings. The van der Waals surface area contributed by atoms with Gasteiger partial charge in [0.1, 0.15) is 0 Å². The topological polar surface area (TPSA) is 45.0 Å². The molecule has 1 atom stereocenters. The van der Waals surface area contributed by atoms with Crippen molar-refractivity contribution < 1.29 is 0 Å². The van der Waals surface area contributed by atoms with Crippen molar-refractivity contribution in [1.82, 2.24) is 4.90 Å². The number of nitrogens with zero attached hydrogens (tertiary/aromatic N) is 3. The zero-order valence-electron chi connectivity index (χ0n) is 12.2. The lowest BCUT2D eigenvalue weighted by atomic mass is 10.1. The van der Waals surface area contributed by atoms with E-state index in [9.17, 15) is 4.91 Å². The highest BCUT2D eigenvalue weighted by Crippen LogP contribution is 2.24. The van der Waals surface area contributed by atoms with Crippen molar-refractivity contribution in [3.05, 3.63) is 52.6 Å². The molecular formula is C16H21N3O.